The fourth-order valence-corrected chi connectivity index (χ4v) is 2.85. The summed E-state index contributed by atoms with van der Waals surface area (Å²) in [6.07, 6.45) is 0. The maximum Gasteiger partial charge on any atom is 0.315 e. The lowest BCUT2D eigenvalue weighted by atomic mass is 10.0. The first-order valence-electron chi connectivity index (χ1n) is 8.15. The van der Waals surface area contributed by atoms with Crippen molar-refractivity contribution in [3.05, 3.63) is 53.6 Å². The van der Waals surface area contributed by atoms with E-state index in [0.717, 1.165) is 16.9 Å². The maximum atomic E-state index is 12.0. The molecule has 2 aromatic carbocycles. The van der Waals surface area contributed by atoms with Crippen molar-refractivity contribution in [1.82, 2.24) is 10.6 Å². The van der Waals surface area contributed by atoms with Crippen LogP contribution in [-0.4, -0.2) is 33.4 Å². The lowest BCUT2D eigenvalue weighted by Crippen LogP contribution is -2.37. The van der Waals surface area contributed by atoms with E-state index in [0.29, 0.717) is 31.2 Å². The third-order valence-electron chi connectivity index (χ3n) is 4.21. The Morgan fingerprint density at radius 1 is 1.12 bits per heavy atom. The Balaban J connectivity index is 1.49. The van der Waals surface area contributed by atoms with E-state index in [9.17, 15) is 4.79 Å². The molecule has 0 radical (unpaired) electrons. The second-order valence-electron chi connectivity index (χ2n) is 5.80. The van der Waals surface area contributed by atoms with E-state index < -0.39 is 0 Å². The molecule has 2 amide bonds. The molecule has 0 aliphatic carbocycles. The van der Waals surface area contributed by atoms with Crippen LogP contribution in [0.3, 0.4) is 0 Å². The topological polar surface area (TPSA) is 68.8 Å². The first kappa shape index (κ1) is 17.0. The average molecular weight is 342 g/mol. The van der Waals surface area contributed by atoms with E-state index in [1.807, 2.05) is 42.5 Å². The highest BCUT2D eigenvalue weighted by molar-refractivity contribution is 5.74. The lowest BCUT2D eigenvalue weighted by Gasteiger charge is -2.13. The number of carbonyl (C=O) groups excluding carboxylic acids is 1. The van der Waals surface area contributed by atoms with Crippen molar-refractivity contribution in [1.29, 1.82) is 0 Å². The van der Waals surface area contributed by atoms with E-state index in [1.54, 1.807) is 14.2 Å². The van der Waals surface area contributed by atoms with Crippen molar-refractivity contribution >= 4 is 6.03 Å². The summed E-state index contributed by atoms with van der Waals surface area (Å²) in [6.45, 7) is 1.54. The van der Waals surface area contributed by atoms with Gasteiger partial charge in [0.05, 0.1) is 20.8 Å². The van der Waals surface area contributed by atoms with Gasteiger partial charge in [-0.05, 0) is 23.8 Å². The predicted molar refractivity (Wildman–Crippen MR) is 94.5 cm³/mol. The molecule has 1 aliphatic rings. The molecule has 0 bridgehead atoms. The number of benzene rings is 2. The molecule has 6 heteroatoms. The number of amides is 2. The van der Waals surface area contributed by atoms with E-state index in [1.165, 1.54) is 0 Å². The fraction of sp³-hybridized carbons (Fsp3) is 0.316. The molecule has 2 N–H and O–H groups in total. The summed E-state index contributed by atoms with van der Waals surface area (Å²) in [6, 6.07) is 13.3. The smallest absolute Gasteiger partial charge is 0.315 e. The largest absolute Gasteiger partial charge is 0.493 e. The van der Waals surface area contributed by atoms with Crippen LogP contribution in [0.1, 0.15) is 17.0 Å². The first-order chi connectivity index (χ1) is 12.2. The summed E-state index contributed by atoms with van der Waals surface area (Å²) < 4.78 is 16.1. The molecule has 2 aromatic rings. The highest BCUT2D eigenvalue weighted by atomic mass is 16.5. The Kier molecular flexibility index (Phi) is 5.28. The van der Waals surface area contributed by atoms with Gasteiger partial charge in [-0.25, -0.2) is 4.79 Å². The SMILES string of the molecule is COc1ccc(CNC(=O)NC[C@@H]2COc3ccccc32)cc1OC. The molecule has 1 atom stereocenters. The maximum absolute atomic E-state index is 12.0. The second kappa shape index (κ2) is 7.79. The van der Waals surface area contributed by atoms with Gasteiger partial charge in [-0.2, -0.15) is 0 Å². The monoisotopic (exact) mass is 342 g/mol. The number of para-hydroxylation sites is 1. The van der Waals surface area contributed by atoms with Gasteiger partial charge in [0.15, 0.2) is 11.5 Å². The van der Waals surface area contributed by atoms with Gasteiger partial charge in [-0.15, -0.1) is 0 Å². The fourth-order valence-electron chi connectivity index (χ4n) is 2.85. The number of hydrogen-bond donors (Lipinski definition) is 2. The summed E-state index contributed by atoms with van der Waals surface area (Å²) in [5.74, 6) is 2.39. The third kappa shape index (κ3) is 3.96. The molecule has 0 saturated carbocycles. The van der Waals surface area contributed by atoms with Gasteiger partial charge in [-0.1, -0.05) is 24.3 Å². The quantitative estimate of drug-likeness (QED) is 0.847. The number of hydrogen-bond acceptors (Lipinski definition) is 4. The van der Waals surface area contributed by atoms with Gasteiger partial charge in [-0.3, -0.25) is 0 Å². The minimum atomic E-state index is -0.209. The molecular weight excluding hydrogens is 320 g/mol. The Hall–Kier alpha value is -2.89. The number of ether oxygens (including phenoxy) is 3. The zero-order chi connectivity index (χ0) is 17.6. The first-order valence-corrected chi connectivity index (χ1v) is 8.15. The van der Waals surface area contributed by atoms with Gasteiger partial charge < -0.3 is 24.8 Å². The van der Waals surface area contributed by atoms with Crippen LogP contribution in [0.25, 0.3) is 0 Å². The van der Waals surface area contributed by atoms with Crippen molar-refractivity contribution in [2.45, 2.75) is 12.5 Å². The van der Waals surface area contributed by atoms with Gasteiger partial charge in [0.25, 0.3) is 0 Å². The summed E-state index contributed by atoms with van der Waals surface area (Å²) >= 11 is 0. The van der Waals surface area contributed by atoms with Crippen LogP contribution in [0.15, 0.2) is 42.5 Å². The van der Waals surface area contributed by atoms with Crippen molar-refractivity contribution in [3.8, 4) is 17.2 Å². The van der Waals surface area contributed by atoms with E-state index in [-0.39, 0.29) is 11.9 Å². The molecule has 132 valence electrons. The Morgan fingerprint density at radius 2 is 1.92 bits per heavy atom. The van der Waals surface area contributed by atoms with Crippen molar-refractivity contribution < 1.29 is 19.0 Å². The summed E-state index contributed by atoms with van der Waals surface area (Å²) in [4.78, 5) is 12.0. The molecule has 0 unspecified atom stereocenters. The standard InChI is InChI=1S/C19H22N2O4/c1-23-17-8-7-13(9-18(17)24-2)10-20-19(22)21-11-14-12-25-16-6-4-3-5-15(14)16/h3-9,14H,10-12H2,1-2H3,(H2,20,21,22)/t14-/m1/s1. The van der Waals surface area contributed by atoms with E-state index in [4.69, 9.17) is 14.2 Å². The number of fused-ring (bicyclic) bond motifs is 1. The molecule has 1 heterocycles. The minimum Gasteiger partial charge on any atom is -0.493 e. The molecule has 0 aromatic heterocycles. The lowest BCUT2D eigenvalue weighted by molar-refractivity contribution is 0.238. The van der Waals surface area contributed by atoms with Crippen LogP contribution in [0.5, 0.6) is 17.2 Å². The minimum absolute atomic E-state index is 0.183. The molecule has 1 aliphatic heterocycles. The predicted octanol–water partition coefficient (Wildman–Crippen LogP) is 2.68. The number of urea groups is 1. The Morgan fingerprint density at radius 3 is 2.72 bits per heavy atom. The van der Waals surface area contributed by atoms with Crippen molar-refractivity contribution in [2.75, 3.05) is 27.4 Å². The van der Waals surface area contributed by atoms with Gasteiger partial charge in [0.2, 0.25) is 0 Å². The van der Waals surface area contributed by atoms with Crippen LogP contribution in [0, 0.1) is 0 Å². The molecular formula is C19H22N2O4. The number of methoxy groups -OCH3 is 2. The second-order valence-corrected chi connectivity index (χ2v) is 5.80. The Labute approximate surface area is 147 Å². The van der Waals surface area contributed by atoms with Gasteiger partial charge in [0.1, 0.15) is 5.75 Å². The molecule has 3 rings (SSSR count). The Bertz CT molecular complexity index is 748. The van der Waals surface area contributed by atoms with E-state index >= 15 is 0 Å². The van der Waals surface area contributed by atoms with Crippen molar-refractivity contribution in [2.24, 2.45) is 0 Å². The molecule has 6 nitrogen and oxygen atoms in total. The summed E-state index contributed by atoms with van der Waals surface area (Å²) in [5.41, 5.74) is 2.07. The van der Waals surface area contributed by atoms with Crippen LogP contribution in [0.4, 0.5) is 4.79 Å². The molecule has 0 saturated heterocycles. The zero-order valence-electron chi connectivity index (χ0n) is 14.4. The molecule has 0 fully saturated rings. The van der Waals surface area contributed by atoms with Crippen LogP contribution >= 0.6 is 0 Å². The van der Waals surface area contributed by atoms with Gasteiger partial charge >= 0.3 is 6.03 Å². The van der Waals surface area contributed by atoms with E-state index in [2.05, 4.69) is 10.6 Å². The van der Waals surface area contributed by atoms with Crippen LogP contribution in [0.2, 0.25) is 0 Å². The van der Waals surface area contributed by atoms with Crippen LogP contribution < -0.4 is 24.8 Å². The molecule has 0 spiro atoms. The third-order valence-corrected chi connectivity index (χ3v) is 4.21. The normalized spacial score (nSPS) is 15.0. The van der Waals surface area contributed by atoms with Gasteiger partial charge in [0, 0.05) is 24.6 Å². The average Bonchev–Trinajstić information content (AvgIpc) is 3.07. The zero-order valence-corrected chi connectivity index (χ0v) is 14.4. The number of nitrogens with one attached hydrogen (secondary N) is 2. The highest BCUT2D eigenvalue weighted by Crippen LogP contribution is 2.32. The summed E-state index contributed by atoms with van der Waals surface area (Å²) in [7, 11) is 3.18. The van der Waals surface area contributed by atoms with Crippen LogP contribution in [-0.2, 0) is 6.54 Å². The number of carbonyl (C=O) groups is 1. The van der Waals surface area contributed by atoms with Crippen molar-refractivity contribution in [3.63, 3.8) is 0 Å². The molecule has 25 heavy (non-hydrogen) atoms. The highest BCUT2D eigenvalue weighted by Gasteiger charge is 2.23. The summed E-state index contributed by atoms with van der Waals surface area (Å²) in [5, 5.41) is 5.75. The number of rotatable bonds is 6.